The number of halogens is 3. The molecule has 82 valence electrons. The Morgan fingerprint density at radius 3 is 2.21 bits per heavy atom. The summed E-state index contributed by atoms with van der Waals surface area (Å²) >= 11 is 0. The minimum absolute atomic E-state index is 0.356. The molecule has 1 amide bonds. The van der Waals surface area contributed by atoms with E-state index in [1.807, 2.05) is 5.32 Å². The van der Waals surface area contributed by atoms with Crippen LogP contribution < -0.4 is 5.32 Å². The van der Waals surface area contributed by atoms with Crippen LogP contribution in [0.25, 0.3) is 0 Å². The Bertz CT molecular complexity index is 244. The highest BCUT2D eigenvalue weighted by molar-refractivity contribution is 7.85. The predicted molar refractivity (Wildman–Crippen MR) is 45.1 cm³/mol. The third-order valence-corrected chi connectivity index (χ3v) is 3.36. The van der Waals surface area contributed by atoms with Crippen LogP contribution in [0.3, 0.4) is 0 Å². The fraction of sp³-hybridized carbons (Fsp3) is 0.857. The standard InChI is InChI=1S/C7H10F3NO2S/c8-7(9,10)6(12)11-5-1-3-14(13)4-2-5/h5H,1-4H2,(H,11,12). The van der Waals surface area contributed by atoms with E-state index in [4.69, 9.17) is 0 Å². The summed E-state index contributed by atoms with van der Waals surface area (Å²) in [5, 5.41) is 1.88. The molecule has 0 atom stereocenters. The first-order valence-corrected chi connectivity index (χ1v) is 5.61. The Labute approximate surface area is 81.5 Å². The van der Waals surface area contributed by atoms with Gasteiger partial charge in [0.15, 0.2) is 0 Å². The van der Waals surface area contributed by atoms with Gasteiger partial charge in [0, 0.05) is 28.3 Å². The Kier molecular flexibility index (Phi) is 3.52. The maximum Gasteiger partial charge on any atom is 0.471 e. The molecule has 0 aromatic rings. The smallest absolute Gasteiger partial charge is 0.345 e. The molecule has 0 saturated carbocycles. The Hall–Kier alpha value is -0.590. The van der Waals surface area contributed by atoms with Crippen LogP contribution in [-0.2, 0) is 15.6 Å². The van der Waals surface area contributed by atoms with Gasteiger partial charge in [-0.3, -0.25) is 9.00 Å². The molecule has 0 unspecified atom stereocenters. The highest BCUT2D eigenvalue weighted by atomic mass is 32.2. The number of rotatable bonds is 1. The molecule has 1 N–H and O–H groups in total. The molecule has 0 radical (unpaired) electrons. The molecule has 0 aromatic carbocycles. The number of alkyl halides is 3. The zero-order valence-electron chi connectivity index (χ0n) is 7.26. The van der Waals surface area contributed by atoms with Crippen molar-refractivity contribution in [3.63, 3.8) is 0 Å². The Morgan fingerprint density at radius 2 is 1.79 bits per heavy atom. The Balaban J connectivity index is 2.38. The van der Waals surface area contributed by atoms with Gasteiger partial charge < -0.3 is 5.32 Å². The van der Waals surface area contributed by atoms with Crippen molar-refractivity contribution in [1.82, 2.24) is 5.32 Å². The molecule has 7 heteroatoms. The van der Waals surface area contributed by atoms with E-state index in [2.05, 4.69) is 0 Å². The van der Waals surface area contributed by atoms with Crippen LogP contribution in [0, 0.1) is 0 Å². The largest absolute Gasteiger partial charge is 0.471 e. The van der Waals surface area contributed by atoms with Crippen LogP contribution in [0.2, 0.25) is 0 Å². The van der Waals surface area contributed by atoms with E-state index >= 15 is 0 Å². The first-order chi connectivity index (χ1) is 6.39. The lowest BCUT2D eigenvalue weighted by atomic mass is 10.1. The summed E-state index contributed by atoms with van der Waals surface area (Å²) in [6, 6.07) is -0.484. The number of carbonyl (C=O) groups is 1. The molecule has 0 spiro atoms. The van der Waals surface area contributed by atoms with E-state index in [1.165, 1.54) is 0 Å². The summed E-state index contributed by atoms with van der Waals surface area (Å²) < 4.78 is 46.3. The van der Waals surface area contributed by atoms with Gasteiger partial charge in [-0.15, -0.1) is 0 Å². The van der Waals surface area contributed by atoms with Crippen LogP contribution >= 0.6 is 0 Å². The van der Waals surface area contributed by atoms with Gasteiger partial charge in [0.05, 0.1) is 0 Å². The summed E-state index contributed by atoms with van der Waals surface area (Å²) in [6.07, 6.45) is -4.11. The van der Waals surface area contributed by atoms with Crippen molar-refractivity contribution in [3.8, 4) is 0 Å². The highest BCUT2D eigenvalue weighted by Crippen LogP contribution is 2.16. The number of amides is 1. The fourth-order valence-corrected chi connectivity index (χ4v) is 2.50. The lowest BCUT2D eigenvalue weighted by molar-refractivity contribution is -0.174. The van der Waals surface area contributed by atoms with Crippen molar-refractivity contribution in [2.75, 3.05) is 11.5 Å². The van der Waals surface area contributed by atoms with Crippen molar-refractivity contribution in [1.29, 1.82) is 0 Å². The summed E-state index contributed by atoms with van der Waals surface area (Å²) in [6.45, 7) is 0. The second-order valence-electron chi connectivity index (χ2n) is 3.09. The van der Waals surface area contributed by atoms with Crippen molar-refractivity contribution >= 4 is 16.7 Å². The molecular formula is C7H10F3NO2S. The van der Waals surface area contributed by atoms with Gasteiger partial charge in [-0.1, -0.05) is 0 Å². The van der Waals surface area contributed by atoms with Gasteiger partial charge in [0.2, 0.25) is 0 Å². The Morgan fingerprint density at radius 1 is 1.29 bits per heavy atom. The second-order valence-corrected chi connectivity index (χ2v) is 4.79. The minimum atomic E-state index is -4.82. The van der Waals surface area contributed by atoms with Crippen LogP contribution in [0.4, 0.5) is 13.2 Å². The van der Waals surface area contributed by atoms with Crippen molar-refractivity contribution in [2.45, 2.75) is 25.1 Å². The highest BCUT2D eigenvalue weighted by Gasteiger charge is 2.39. The lowest BCUT2D eigenvalue weighted by Crippen LogP contribution is -2.45. The predicted octanol–water partition coefficient (Wildman–Crippen LogP) is 0.576. The fourth-order valence-electron chi connectivity index (χ4n) is 1.21. The maximum absolute atomic E-state index is 11.8. The number of hydrogen-bond acceptors (Lipinski definition) is 2. The summed E-state index contributed by atoms with van der Waals surface area (Å²) in [5.41, 5.74) is 0. The zero-order valence-corrected chi connectivity index (χ0v) is 8.08. The number of nitrogens with one attached hydrogen (secondary N) is 1. The summed E-state index contributed by atoms with van der Waals surface area (Å²) in [5.74, 6) is -1.18. The SMILES string of the molecule is O=C(NC1CCS(=O)CC1)C(F)(F)F. The minimum Gasteiger partial charge on any atom is -0.345 e. The van der Waals surface area contributed by atoms with Gasteiger partial charge in [0.25, 0.3) is 0 Å². The van der Waals surface area contributed by atoms with Gasteiger partial charge in [-0.25, -0.2) is 0 Å². The molecule has 1 aliphatic heterocycles. The van der Waals surface area contributed by atoms with Crippen LogP contribution in [-0.4, -0.2) is 33.8 Å². The van der Waals surface area contributed by atoms with Gasteiger partial charge in [-0.2, -0.15) is 13.2 Å². The van der Waals surface area contributed by atoms with Crippen molar-refractivity contribution < 1.29 is 22.2 Å². The first kappa shape index (κ1) is 11.5. The molecule has 14 heavy (non-hydrogen) atoms. The summed E-state index contributed by atoms with van der Waals surface area (Å²) in [4.78, 5) is 10.5. The number of carbonyl (C=O) groups excluding carboxylic acids is 1. The van der Waals surface area contributed by atoms with E-state index < -0.39 is 28.9 Å². The number of hydrogen-bond donors (Lipinski definition) is 1. The third kappa shape index (κ3) is 3.28. The van der Waals surface area contributed by atoms with E-state index in [0.717, 1.165) is 0 Å². The molecule has 1 aliphatic rings. The quantitative estimate of drug-likeness (QED) is 0.714. The second kappa shape index (κ2) is 4.29. The van der Waals surface area contributed by atoms with Gasteiger partial charge in [-0.05, 0) is 12.8 Å². The maximum atomic E-state index is 11.8. The topological polar surface area (TPSA) is 46.2 Å². The molecule has 0 aliphatic carbocycles. The molecule has 0 bridgehead atoms. The molecule has 1 heterocycles. The van der Waals surface area contributed by atoms with Crippen LogP contribution in [0.1, 0.15) is 12.8 Å². The van der Waals surface area contributed by atoms with E-state index in [9.17, 15) is 22.2 Å². The summed E-state index contributed by atoms with van der Waals surface area (Å²) in [7, 11) is -0.929. The van der Waals surface area contributed by atoms with Crippen molar-refractivity contribution in [2.24, 2.45) is 0 Å². The van der Waals surface area contributed by atoms with E-state index in [0.29, 0.717) is 24.3 Å². The molecule has 1 fully saturated rings. The zero-order chi connectivity index (χ0) is 10.8. The first-order valence-electron chi connectivity index (χ1n) is 4.12. The molecule has 3 nitrogen and oxygen atoms in total. The molecule has 0 aromatic heterocycles. The van der Waals surface area contributed by atoms with Crippen molar-refractivity contribution in [3.05, 3.63) is 0 Å². The third-order valence-electron chi connectivity index (χ3n) is 1.98. The van der Waals surface area contributed by atoms with Gasteiger partial charge >= 0.3 is 12.1 Å². The average Bonchev–Trinajstić information content (AvgIpc) is 2.07. The average molecular weight is 229 g/mol. The van der Waals surface area contributed by atoms with Gasteiger partial charge in [0.1, 0.15) is 0 Å². The normalized spacial score (nSPS) is 28.5. The molecule has 1 saturated heterocycles. The van der Waals surface area contributed by atoms with Crippen LogP contribution in [0.5, 0.6) is 0 Å². The van der Waals surface area contributed by atoms with E-state index in [-0.39, 0.29) is 0 Å². The molecule has 1 rings (SSSR count). The van der Waals surface area contributed by atoms with Crippen LogP contribution in [0.15, 0.2) is 0 Å². The lowest BCUT2D eigenvalue weighted by Gasteiger charge is -2.22. The molecular weight excluding hydrogens is 219 g/mol. The van der Waals surface area contributed by atoms with E-state index in [1.54, 1.807) is 0 Å². The monoisotopic (exact) mass is 229 g/mol.